The predicted octanol–water partition coefficient (Wildman–Crippen LogP) is 4.80. The molecule has 0 aliphatic carbocycles. The van der Waals surface area contributed by atoms with Gasteiger partial charge in [-0.1, -0.05) is 20.8 Å². The monoisotopic (exact) mass is 300 g/mol. The Hall–Kier alpha value is -1.24. The van der Waals surface area contributed by atoms with Gasteiger partial charge in [0.25, 0.3) is 0 Å². The van der Waals surface area contributed by atoms with Crippen molar-refractivity contribution in [3.05, 3.63) is 34.9 Å². The van der Waals surface area contributed by atoms with Gasteiger partial charge in [0.1, 0.15) is 0 Å². The van der Waals surface area contributed by atoms with Crippen molar-refractivity contribution in [3.8, 4) is 0 Å². The first-order valence-electron chi connectivity index (χ1n) is 5.70. The molecule has 0 fully saturated rings. The number of alkyl halides is 6. The lowest BCUT2D eigenvalue weighted by Gasteiger charge is -2.27. The number of hydrogen-bond acceptors (Lipinski definition) is 1. The van der Waals surface area contributed by atoms with Crippen molar-refractivity contribution >= 4 is 0 Å². The lowest BCUT2D eigenvalue weighted by Crippen LogP contribution is -2.20. The highest BCUT2D eigenvalue weighted by Gasteiger charge is 2.38. The van der Waals surface area contributed by atoms with Crippen LogP contribution in [0.25, 0.3) is 0 Å². The molecule has 0 spiro atoms. The highest BCUT2D eigenvalue weighted by Crippen LogP contribution is 2.40. The van der Waals surface area contributed by atoms with Crippen molar-refractivity contribution in [1.29, 1.82) is 0 Å². The molecule has 0 heterocycles. The minimum atomic E-state index is -4.91. The average Bonchev–Trinajstić information content (AvgIpc) is 2.23. The molecule has 0 saturated heterocycles. The van der Waals surface area contributed by atoms with E-state index in [0.717, 1.165) is 0 Å². The molecular weight excluding hydrogens is 286 g/mol. The summed E-state index contributed by atoms with van der Waals surface area (Å²) in [5.74, 6) is 0. The first-order chi connectivity index (χ1) is 8.73. The molecule has 20 heavy (non-hydrogen) atoms. The zero-order valence-corrected chi connectivity index (χ0v) is 11.0. The van der Waals surface area contributed by atoms with Gasteiger partial charge in [-0.25, -0.2) is 0 Å². The number of hydrogen-bond donors (Lipinski definition) is 1. The van der Waals surface area contributed by atoms with Crippen LogP contribution in [0.3, 0.4) is 0 Å². The van der Waals surface area contributed by atoms with Crippen molar-refractivity contribution in [1.82, 2.24) is 0 Å². The van der Waals surface area contributed by atoms with E-state index in [9.17, 15) is 31.4 Å². The Morgan fingerprint density at radius 1 is 0.800 bits per heavy atom. The lowest BCUT2D eigenvalue weighted by atomic mass is 9.83. The number of aliphatic hydroxyl groups is 1. The normalized spacial score (nSPS) is 15.3. The summed E-state index contributed by atoms with van der Waals surface area (Å²) < 4.78 is 75.9. The van der Waals surface area contributed by atoms with Crippen LogP contribution in [0.5, 0.6) is 0 Å². The van der Waals surface area contributed by atoms with E-state index < -0.39 is 40.6 Å². The highest BCUT2D eigenvalue weighted by atomic mass is 19.4. The molecule has 0 aromatic heterocycles. The van der Waals surface area contributed by atoms with Gasteiger partial charge < -0.3 is 5.11 Å². The van der Waals surface area contributed by atoms with Crippen molar-refractivity contribution < 1.29 is 31.4 Å². The summed E-state index contributed by atoms with van der Waals surface area (Å²) >= 11 is 0. The standard InChI is InChI=1S/C13H14F6O/c1-11(2,3)10(20)7-4-8(12(14,15)16)6-9(5-7)13(17,18)19/h4-6,10,20H,1-3H3. The van der Waals surface area contributed by atoms with E-state index in [1.54, 1.807) is 0 Å². The zero-order chi connectivity index (χ0) is 15.9. The molecule has 0 bridgehead atoms. The van der Waals surface area contributed by atoms with Crippen molar-refractivity contribution in [3.63, 3.8) is 0 Å². The summed E-state index contributed by atoms with van der Waals surface area (Å²) in [5.41, 5.74) is -4.14. The molecule has 0 aliphatic heterocycles. The van der Waals surface area contributed by atoms with Crippen molar-refractivity contribution in [2.24, 2.45) is 5.41 Å². The Morgan fingerprint density at radius 3 is 1.40 bits per heavy atom. The van der Waals surface area contributed by atoms with Gasteiger partial charge in [-0.2, -0.15) is 26.3 Å². The van der Waals surface area contributed by atoms with Crippen LogP contribution in [0.1, 0.15) is 43.6 Å². The number of aliphatic hydroxyl groups excluding tert-OH is 1. The quantitative estimate of drug-likeness (QED) is 0.738. The first kappa shape index (κ1) is 16.8. The van der Waals surface area contributed by atoms with E-state index in [1.165, 1.54) is 20.8 Å². The van der Waals surface area contributed by atoms with Gasteiger partial charge in [-0.3, -0.25) is 0 Å². The van der Waals surface area contributed by atoms with Crippen LogP contribution in [0, 0.1) is 5.41 Å². The molecule has 0 amide bonds. The molecule has 1 nitrogen and oxygen atoms in total. The topological polar surface area (TPSA) is 20.2 Å². The van der Waals surface area contributed by atoms with Crippen LogP contribution < -0.4 is 0 Å². The Labute approximate surface area is 112 Å². The third kappa shape index (κ3) is 3.88. The van der Waals surface area contributed by atoms with Gasteiger partial charge in [0.05, 0.1) is 17.2 Å². The molecule has 0 aliphatic rings. The summed E-state index contributed by atoms with van der Waals surface area (Å²) in [6, 6.07) is 1.13. The Kier molecular flexibility index (Phi) is 4.16. The zero-order valence-electron chi connectivity index (χ0n) is 11.0. The van der Waals surface area contributed by atoms with E-state index in [0.29, 0.717) is 12.1 Å². The minimum Gasteiger partial charge on any atom is -0.388 e. The van der Waals surface area contributed by atoms with E-state index in [-0.39, 0.29) is 6.07 Å². The SMILES string of the molecule is CC(C)(C)C(O)c1cc(C(F)(F)F)cc(C(F)(F)F)c1. The smallest absolute Gasteiger partial charge is 0.388 e. The minimum absolute atomic E-state index is 0.0406. The molecule has 1 rings (SSSR count). The fourth-order valence-corrected chi connectivity index (χ4v) is 1.64. The maximum Gasteiger partial charge on any atom is 0.416 e. The van der Waals surface area contributed by atoms with E-state index >= 15 is 0 Å². The largest absolute Gasteiger partial charge is 0.416 e. The van der Waals surface area contributed by atoms with E-state index in [4.69, 9.17) is 0 Å². The van der Waals surface area contributed by atoms with Crippen LogP contribution in [-0.4, -0.2) is 5.11 Å². The summed E-state index contributed by atoms with van der Waals surface area (Å²) in [5, 5.41) is 9.90. The maximum atomic E-state index is 12.6. The molecule has 1 atom stereocenters. The molecule has 7 heteroatoms. The predicted molar refractivity (Wildman–Crippen MR) is 60.9 cm³/mol. The molecule has 1 aromatic rings. The summed E-state index contributed by atoms with van der Waals surface area (Å²) in [7, 11) is 0. The van der Waals surface area contributed by atoms with Gasteiger partial charge in [0.2, 0.25) is 0 Å². The lowest BCUT2D eigenvalue weighted by molar-refractivity contribution is -0.143. The number of rotatable bonds is 1. The van der Waals surface area contributed by atoms with Crippen LogP contribution in [0.15, 0.2) is 18.2 Å². The van der Waals surface area contributed by atoms with Crippen LogP contribution in [0.2, 0.25) is 0 Å². The highest BCUT2D eigenvalue weighted by molar-refractivity contribution is 5.35. The van der Waals surface area contributed by atoms with Crippen molar-refractivity contribution in [2.75, 3.05) is 0 Å². The molecule has 1 aromatic carbocycles. The number of halogens is 6. The average molecular weight is 300 g/mol. The summed E-state index contributed by atoms with van der Waals surface area (Å²) in [6.45, 7) is 4.56. The Balaban J connectivity index is 3.47. The van der Waals surface area contributed by atoms with Gasteiger partial charge in [0, 0.05) is 0 Å². The molecule has 0 saturated carbocycles. The summed E-state index contributed by atoms with van der Waals surface area (Å²) in [4.78, 5) is 0. The molecule has 0 radical (unpaired) electrons. The van der Waals surface area contributed by atoms with Crippen LogP contribution in [0.4, 0.5) is 26.3 Å². The molecule has 114 valence electrons. The fraction of sp³-hybridized carbons (Fsp3) is 0.538. The second kappa shape index (κ2) is 4.95. The van der Waals surface area contributed by atoms with E-state index in [2.05, 4.69) is 0 Å². The molecule has 1 N–H and O–H groups in total. The number of benzene rings is 1. The van der Waals surface area contributed by atoms with Gasteiger partial charge >= 0.3 is 12.4 Å². The van der Waals surface area contributed by atoms with Gasteiger partial charge in [-0.05, 0) is 29.2 Å². The second-order valence-electron chi connectivity index (χ2n) is 5.61. The Bertz CT molecular complexity index is 449. The van der Waals surface area contributed by atoms with Crippen molar-refractivity contribution in [2.45, 2.75) is 39.2 Å². The Morgan fingerprint density at radius 2 is 1.15 bits per heavy atom. The second-order valence-corrected chi connectivity index (χ2v) is 5.61. The molecular formula is C13H14F6O. The van der Waals surface area contributed by atoms with Crippen LogP contribution >= 0.6 is 0 Å². The van der Waals surface area contributed by atoms with E-state index in [1.807, 2.05) is 0 Å². The third-order valence-electron chi connectivity index (χ3n) is 2.75. The first-order valence-corrected chi connectivity index (χ1v) is 5.70. The molecule has 1 unspecified atom stereocenters. The summed E-state index contributed by atoms with van der Waals surface area (Å²) in [6.07, 6.45) is -11.3. The third-order valence-corrected chi connectivity index (χ3v) is 2.75. The van der Waals surface area contributed by atoms with Gasteiger partial charge in [0.15, 0.2) is 0 Å². The van der Waals surface area contributed by atoms with Crippen LogP contribution in [-0.2, 0) is 12.4 Å². The fourth-order valence-electron chi connectivity index (χ4n) is 1.64. The van der Waals surface area contributed by atoms with Gasteiger partial charge in [-0.15, -0.1) is 0 Å². The maximum absolute atomic E-state index is 12.6.